The van der Waals surface area contributed by atoms with E-state index in [-0.39, 0.29) is 6.42 Å². The van der Waals surface area contributed by atoms with Crippen LogP contribution in [-0.2, 0) is 16.0 Å². The molecule has 0 saturated carbocycles. The summed E-state index contributed by atoms with van der Waals surface area (Å²) in [5.74, 6) is -2.35. The van der Waals surface area contributed by atoms with E-state index >= 15 is 0 Å². The summed E-state index contributed by atoms with van der Waals surface area (Å²) in [7, 11) is 0. The average Bonchev–Trinajstić information content (AvgIpc) is 2.17. The summed E-state index contributed by atoms with van der Waals surface area (Å²) in [6.45, 7) is 1.59. The second kappa shape index (κ2) is 4.59. The maximum absolute atomic E-state index is 10.7. The molecule has 1 atom stereocenters. The van der Waals surface area contributed by atoms with E-state index in [4.69, 9.17) is 10.2 Å². The molecule has 0 aliphatic carbocycles. The molecule has 4 nitrogen and oxygen atoms in total. The number of hydrogen-bond acceptors (Lipinski definition) is 2. The second-order valence-electron chi connectivity index (χ2n) is 3.37. The van der Waals surface area contributed by atoms with Gasteiger partial charge in [0.15, 0.2) is 0 Å². The van der Waals surface area contributed by atoms with Gasteiger partial charge < -0.3 is 10.2 Å². The molecule has 0 aliphatic rings. The van der Waals surface area contributed by atoms with Crippen LogP contribution in [0.1, 0.15) is 24.0 Å². The number of benzene rings is 1. The third-order valence-electron chi connectivity index (χ3n) is 2.21. The lowest BCUT2D eigenvalue weighted by atomic mass is 9.99. The molecular weight excluding hydrogens is 196 g/mol. The Morgan fingerprint density at radius 1 is 1.20 bits per heavy atom. The van der Waals surface area contributed by atoms with Crippen LogP contribution in [0.15, 0.2) is 24.3 Å². The normalized spacial score (nSPS) is 12.1. The largest absolute Gasteiger partial charge is 0.481 e. The minimum Gasteiger partial charge on any atom is -0.481 e. The van der Waals surface area contributed by atoms with Crippen LogP contribution < -0.4 is 0 Å². The molecule has 0 saturated heterocycles. The molecule has 2 N–H and O–H groups in total. The summed E-state index contributed by atoms with van der Waals surface area (Å²) in [6, 6.07) is 6.58. The van der Waals surface area contributed by atoms with Gasteiger partial charge in [0.1, 0.15) is 0 Å². The highest BCUT2D eigenvalue weighted by molar-refractivity contribution is 5.75. The van der Waals surface area contributed by atoms with Crippen LogP contribution in [-0.4, -0.2) is 22.2 Å². The number of aliphatic carboxylic acids is 2. The van der Waals surface area contributed by atoms with Crippen molar-refractivity contribution in [3.8, 4) is 0 Å². The highest BCUT2D eigenvalue weighted by Gasteiger charge is 2.13. The van der Waals surface area contributed by atoms with E-state index in [2.05, 4.69) is 0 Å². The SMILES string of the molecule is CC(C(=O)O)c1ccc(CC(=O)O)cc1. The highest BCUT2D eigenvalue weighted by atomic mass is 16.4. The standard InChI is InChI=1S/C11H12O4/c1-7(11(14)15)9-4-2-8(3-5-9)6-10(12)13/h2-5,7H,6H2,1H3,(H,12,13)(H,14,15). The Morgan fingerprint density at radius 2 is 1.73 bits per heavy atom. The minimum absolute atomic E-state index is 0.0399. The van der Waals surface area contributed by atoms with Crippen molar-refractivity contribution < 1.29 is 19.8 Å². The van der Waals surface area contributed by atoms with Gasteiger partial charge in [0.2, 0.25) is 0 Å². The van der Waals surface area contributed by atoms with Gasteiger partial charge in [-0.2, -0.15) is 0 Å². The first-order valence-corrected chi connectivity index (χ1v) is 4.54. The van der Waals surface area contributed by atoms with Crippen molar-refractivity contribution in [1.29, 1.82) is 0 Å². The third kappa shape index (κ3) is 3.09. The molecule has 0 aliphatic heterocycles. The summed E-state index contributed by atoms with van der Waals surface area (Å²) in [5, 5.41) is 17.3. The zero-order valence-corrected chi connectivity index (χ0v) is 8.30. The predicted octanol–water partition coefficient (Wildman–Crippen LogP) is 1.50. The first-order valence-electron chi connectivity index (χ1n) is 4.54. The van der Waals surface area contributed by atoms with Crippen molar-refractivity contribution in [2.24, 2.45) is 0 Å². The topological polar surface area (TPSA) is 74.6 Å². The molecule has 1 unspecified atom stereocenters. The van der Waals surface area contributed by atoms with E-state index in [1.807, 2.05) is 0 Å². The summed E-state index contributed by atoms with van der Waals surface area (Å²) < 4.78 is 0. The van der Waals surface area contributed by atoms with E-state index in [9.17, 15) is 9.59 Å². The smallest absolute Gasteiger partial charge is 0.310 e. The van der Waals surface area contributed by atoms with Gasteiger partial charge in [-0.25, -0.2) is 0 Å². The van der Waals surface area contributed by atoms with Crippen LogP contribution in [0.5, 0.6) is 0 Å². The Balaban J connectivity index is 2.80. The summed E-state index contributed by atoms with van der Waals surface area (Å²) >= 11 is 0. The van der Waals surface area contributed by atoms with E-state index in [0.29, 0.717) is 11.1 Å². The van der Waals surface area contributed by atoms with Crippen LogP contribution in [0.3, 0.4) is 0 Å². The van der Waals surface area contributed by atoms with Crippen molar-refractivity contribution in [2.75, 3.05) is 0 Å². The molecule has 1 aromatic rings. The third-order valence-corrected chi connectivity index (χ3v) is 2.21. The monoisotopic (exact) mass is 208 g/mol. The Kier molecular flexibility index (Phi) is 3.44. The van der Waals surface area contributed by atoms with Gasteiger partial charge in [-0.05, 0) is 18.1 Å². The molecule has 0 radical (unpaired) electrons. The summed E-state index contributed by atoms with van der Waals surface area (Å²) in [5.41, 5.74) is 1.35. The minimum atomic E-state index is -0.894. The quantitative estimate of drug-likeness (QED) is 0.786. The maximum atomic E-state index is 10.7. The van der Waals surface area contributed by atoms with Gasteiger partial charge in [0.05, 0.1) is 12.3 Å². The van der Waals surface area contributed by atoms with Crippen molar-refractivity contribution in [3.05, 3.63) is 35.4 Å². The molecule has 0 fully saturated rings. The van der Waals surface area contributed by atoms with E-state index in [1.54, 1.807) is 31.2 Å². The number of hydrogen-bond donors (Lipinski definition) is 2. The predicted molar refractivity (Wildman–Crippen MR) is 53.8 cm³/mol. The fraction of sp³-hybridized carbons (Fsp3) is 0.273. The number of carbonyl (C=O) groups is 2. The van der Waals surface area contributed by atoms with Crippen LogP contribution in [0.2, 0.25) is 0 Å². The first-order chi connectivity index (χ1) is 7.00. The van der Waals surface area contributed by atoms with Gasteiger partial charge in [0.25, 0.3) is 0 Å². The van der Waals surface area contributed by atoms with Gasteiger partial charge in [-0.1, -0.05) is 24.3 Å². The fourth-order valence-electron chi connectivity index (χ4n) is 1.24. The molecule has 0 spiro atoms. The zero-order chi connectivity index (χ0) is 11.4. The van der Waals surface area contributed by atoms with Crippen LogP contribution >= 0.6 is 0 Å². The maximum Gasteiger partial charge on any atom is 0.310 e. The van der Waals surface area contributed by atoms with E-state index in [0.717, 1.165) is 0 Å². The van der Waals surface area contributed by atoms with Crippen molar-refractivity contribution in [3.63, 3.8) is 0 Å². The van der Waals surface area contributed by atoms with Crippen LogP contribution in [0.25, 0.3) is 0 Å². The lowest BCUT2D eigenvalue weighted by Crippen LogP contribution is -2.07. The lowest BCUT2D eigenvalue weighted by Gasteiger charge is -2.06. The number of carboxylic acid groups (broad SMARTS) is 2. The van der Waals surface area contributed by atoms with Crippen molar-refractivity contribution >= 4 is 11.9 Å². The molecule has 4 heteroatoms. The van der Waals surface area contributed by atoms with Crippen LogP contribution in [0, 0.1) is 0 Å². The lowest BCUT2D eigenvalue weighted by molar-refractivity contribution is -0.138. The zero-order valence-electron chi connectivity index (χ0n) is 8.30. The summed E-state index contributed by atoms with van der Waals surface area (Å²) in [4.78, 5) is 21.1. The van der Waals surface area contributed by atoms with Gasteiger partial charge in [-0.15, -0.1) is 0 Å². The Hall–Kier alpha value is -1.84. The molecule has 1 rings (SSSR count). The molecular formula is C11H12O4. The van der Waals surface area contributed by atoms with Gasteiger partial charge >= 0.3 is 11.9 Å². The van der Waals surface area contributed by atoms with E-state index < -0.39 is 17.9 Å². The second-order valence-corrected chi connectivity index (χ2v) is 3.37. The molecule has 15 heavy (non-hydrogen) atoms. The molecule has 0 bridgehead atoms. The van der Waals surface area contributed by atoms with Crippen LogP contribution in [0.4, 0.5) is 0 Å². The Morgan fingerprint density at radius 3 is 2.13 bits per heavy atom. The van der Waals surface area contributed by atoms with Gasteiger partial charge in [-0.3, -0.25) is 9.59 Å². The highest BCUT2D eigenvalue weighted by Crippen LogP contribution is 2.16. The molecule has 0 aromatic heterocycles. The molecule has 1 aromatic carbocycles. The molecule has 0 heterocycles. The number of carboxylic acids is 2. The van der Waals surface area contributed by atoms with E-state index in [1.165, 1.54) is 0 Å². The van der Waals surface area contributed by atoms with Crippen molar-refractivity contribution in [2.45, 2.75) is 19.3 Å². The molecule has 0 amide bonds. The average molecular weight is 208 g/mol. The van der Waals surface area contributed by atoms with Crippen molar-refractivity contribution in [1.82, 2.24) is 0 Å². The van der Waals surface area contributed by atoms with Gasteiger partial charge in [0, 0.05) is 0 Å². The number of rotatable bonds is 4. The Bertz CT molecular complexity index is 367. The Labute approximate surface area is 87.2 Å². The summed E-state index contributed by atoms with van der Waals surface area (Å²) in [6.07, 6.45) is -0.0399. The molecule has 80 valence electrons. The fourth-order valence-corrected chi connectivity index (χ4v) is 1.24. The first kappa shape index (κ1) is 11.2.